The van der Waals surface area contributed by atoms with E-state index in [9.17, 15) is 0 Å². The van der Waals surface area contributed by atoms with Crippen LogP contribution < -0.4 is 16.4 Å². The van der Waals surface area contributed by atoms with E-state index in [4.69, 9.17) is 27.8 Å². The summed E-state index contributed by atoms with van der Waals surface area (Å²) in [5.41, 5.74) is 13.7. The summed E-state index contributed by atoms with van der Waals surface area (Å²) in [6.07, 6.45) is 0.0580. The van der Waals surface area contributed by atoms with E-state index in [1.165, 1.54) is 11.3 Å². The molecule has 1 unspecified atom stereocenters. The number of thiazole rings is 1. The molecule has 2 saturated heterocycles. The summed E-state index contributed by atoms with van der Waals surface area (Å²) in [6, 6.07) is 7.35. The van der Waals surface area contributed by atoms with E-state index >= 15 is 4.39 Å². The second-order valence-electron chi connectivity index (χ2n) is 8.42. The van der Waals surface area contributed by atoms with Gasteiger partial charge in [-0.1, -0.05) is 35.1 Å². The van der Waals surface area contributed by atoms with Crippen LogP contribution in [0.5, 0.6) is 0 Å². The molecule has 4 N–H and O–H groups in total. The number of hydrogen-bond donors (Lipinski definition) is 2. The molecule has 2 aliphatic heterocycles. The fourth-order valence-corrected chi connectivity index (χ4v) is 5.84. The highest BCUT2D eigenvalue weighted by molar-refractivity contribution is 7.22. The van der Waals surface area contributed by atoms with Crippen molar-refractivity contribution in [1.82, 2.24) is 19.9 Å². The van der Waals surface area contributed by atoms with Crippen LogP contribution in [0.2, 0.25) is 5.02 Å². The van der Waals surface area contributed by atoms with Crippen molar-refractivity contribution in [2.75, 3.05) is 49.7 Å². The van der Waals surface area contributed by atoms with Crippen LogP contribution in [0.3, 0.4) is 0 Å². The number of aromatic nitrogens is 3. The molecule has 0 bridgehead atoms. The molecule has 0 saturated carbocycles. The van der Waals surface area contributed by atoms with Crippen molar-refractivity contribution in [3.05, 3.63) is 35.1 Å². The molecule has 2 aromatic carbocycles. The maximum Gasteiger partial charge on any atom is 0.228 e. The number of ether oxygens (including phenoxy) is 1. The molecular formula is C22H21ClFN7OS. The summed E-state index contributed by atoms with van der Waals surface area (Å²) in [5, 5.41) is 0.996. The number of anilines is 3. The summed E-state index contributed by atoms with van der Waals surface area (Å²) in [5.74, 6) is 0.00851. The van der Waals surface area contributed by atoms with Gasteiger partial charge in [0.1, 0.15) is 11.3 Å². The van der Waals surface area contributed by atoms with Crippen LogP contribution >= 0.6 is 22.9 Å². The Labute approximate surface area is 197 Å². The molecule has 170 valence electrons. The highest BCUT2D eigenvalue weighted by Gasteiger charge is 2.39. The van der Waals surface area contributed by atoms with Crippen LogP contribution in [0, 0.1) is 5.82 Å². The van der Waals surface area contributed by atoms with Crippen molar-refractivity contribution in [3.63, 3.8) is 0 Å². The minimum absolute atomic E-state index is 0.0580. The molecular weight excluding hydrogens is 465 g/mol. The highest BCUT2D eigenvalue weighted by Crippen LogP contribution is 2.41. The SMILES string of the molecule is CN1CCO[C@H]2CN(c3nc(N)c4cc(Cl)c(-c5cccc6sc(N)nc56)c(F)c4n3)CC21. The van der Waals surface area contributed by atoms with Gasteiger partial charge < -0.3 is 21.1 Å². The average molecular weight is 486 g/mol. The first-order valence-electron chi connectivity index (χ1n) is 10.6. The molecule has 0 amide bonds. The Bertz CT molecular complexity index is 1410. The van der Waals surface area contributed by atoms with Gasteiger partial charge in [-0.2, -0.15) is 4.98 Å². The molecule has 4 aromatic rings. The van der Waals surface area contributed by atoms with E-state index in [2.05, 4.69) is 26.9 Å². The van der Waals surface area contributed by atoms with Gasteiger partial charge in [0.15, 0.2) is 10.9 Å². The topological polar surface area (TPSA) is 106 Å². The molecule has 2 aliphatic rings. The molecule has 0 radical (unpaired) electrons. The lowest BCUT2D eigenvalue weighted by Crippen LogP contribution is -2.48. The minimum Gasteiger partial charge on any atom is -0.383 e. The van der Waals surface area contributed by atoms with Gasteiger partial charge in [-0.15, -0.1) is 0 Å². The average Bonchev–Trinajstić information content (AvgIpc) is 3.38. The first-order chi connectivity index (χ1) is 15.9. The molecule has 0 spiro atoms. The quantitative estimate of drug-likeness (QED) is 0.445. The van der Waals surface area contributed by atoms with Crippen molar-refractivity contribution < 1.29 is 9.13 Å². The zero-order valence-electron chi connectivity index (χ0n) is 17.8. The molecule has 11 heteroatoms. The van der Waals surface area contributed by atoms with Gasteiger partial charge in [-0.25, -0.2) is 14.4 Å². The number of benzene rings is 2. The van der Waals surface area contributed by atoms with Gasteiger partial charge in [0, 0.05) is 36.1 Å². The third kappa shape index (κ3) is 3.28. The van der Waals surface area contributed by atoms with Gasteiger partial charge in [-0.05, 0) is 19.2 Å². The summed E-state index contributed by atoms with van der Waals surface area (Å²) in [4.78, 5) is 17.7. The van der Waals surface area contributed by atoms with Crippen molar-refractivity contribution >= 4 is 61.0 Å². The third-order valence-corrected chi connectivity index (χ3v) is 7.62. The van der Waals surface area contributed by atoms with Gasteiger partial charge in [0.05, 0.1) is 34.0 Å². The fraction of sp³-hybridized carbons (Fsp3) is 0.318. The summed E-state index contributed by atoms with van der Waals surface area (Å²) < 4.78 is 22.8. The number of nitrogens with zero attached hydrogens (tertiary/aromatic N) is 5. The van der Waals surface area contributed by atoms with Gasteiger partial charge in [0.25, 0.3) is 0 Å². The third-order valence-electron chi connectivity index (χ3n) is 6.47. The molecule has 0 aliphatic carbocycles. The predicted octanol–water partition coefficient (Wildman–Crippen LogP) is 3.38. The Kier molecular flexibility index (Phi) is 4.80. The first-order valence-corrected chi connectivity index (χ1v) is 11.8. The molecule has 8 nitrogen and oxygen atoms in total. The van der Waals surface area contributed by atoms with Gasteiger partial charge in [-0.3, -0.25) is 4.90 Å². The van der Waals surface area contributed by atoms with Crippen LogP contribution in [-0.2, 0) is 4.74 Å². The van der Waals surface area contributed by atoms with Crippen LogP contribution in [0.4, 0.5) is 21.3 Å². The van der Waals surface area contributed by atoms with Crippen LogP contribution in [-0.4, -0.2) is 65.3 Å². The van der Waals surface area contributed by atoms with Crippen molar-refractivity contribution in [3.8, 4) is 11.1 Å². The van der Waals surface area contributed by atoms with E-state index in [0.717, 1.165) is 11.2 Å². The Morgan fingerprint density at radius 2 is 2.03 bits per heavy atom. The number of rotatable bonds is 2. The number of nitrogen functional groups attached to an aromatic ring is 2. The minimum atomic E-state index is -0.558. The molecule has 2 fully saturated rings. The maximum atomic E-state index is 16.0. The Morgan fingerprint density at radius 1 is 1.18 bits per heavy atom. The molecule has 2 aromatic heterocycles. The van der Waals surface area contributed by atoms with Crippen molar-refractivity contribution in [2.45, 2.75) is 12.1 Å². The summed E-state index contributed by atoms with van der Waals surface area (Å²) in [6.45, 7) is 2.87. The lowest BCUT2D eigenvalue weighted by molar-refractivity contribution is -0.0362. The standard InChI is InChI=1S/C22H21ClFN7OS/c1-30-5-6-32-14-9-31(8-13(14)30)22-28-19-11(20(25)29-22)7-12(23)16(17(19)24)10-3-2-4-15-18(10)27-21(26)33-15/h2-4,7,13-14H,5-6,8-9H2,1H3,(H2,26,27)(H2,25,28,29)/t13?,14-/m0/s1. The highest BCUT2D eigenvalue weighted by atomic mass is 35.5. The monoisotopic (exact) mass is 485 g/mol. The van der Waals surface area contributed by atoms with E-state index in [0.29, 0.717) is 47.2 Å². The molecule has 33 heavy (non-hydrogen) atoms. The van der Waals surface area contributed by atoms with Gasteiger partial charge >= 0.3 is 0 Å². The number of hydrogen-bond acceptors (Lipinski definition) is 9. The number of fused-ring (bicyclic) bond motifs is 3. The second-order valence-corrected chi connectivity index (χ2v) is 9.89. The maximum absolute atomic E-state index is 16.0. The van der Waals surface area contributed by atoms with Gasteiger partial charge in [0.2, 0.25) is 5.95 Å². The Hall–Kier alpha value is -2.79. The Balaban J connectivity index is 1.50. The molecule has 2 atom stereocenters. The zero-order chi connectivity index (χ0) is 22.9. The van der Waals surface area contributed by atoms with Crippen molar-refractivity contribution in [1.29, 1.82) is 0 Å². The Morgan fingerprint density at radius 3 is 2.85 bits per heavy atom. The number of para-hydroxylation sites is 1. The second kappa shape index (κ2) is 7.63. The molecule has 6 rings (SSSR count). The van der Waals surface area contributed by atoms with E-state index in [1.54, 1.807) is 12.1 Å². The van der Waals surface area contributed by atoms with E-state index < -0.39 is 5.82 Å². The van der Waals surface area contributed by atoms with E-state index in [-0.39, 0.29) is 34.1 Å². The lowest BCUT2D eigenvalue weighted by Gasteiger charge is -2.33. The first kappa shape index (κ1) is 20.8. The number of morpholine rings is 1. The van der Waals surface area contributed by atoms with Crippen LogP contribution in [0.15, 0.2) is 24.3 Å². The summed E-state index contributed by atoms with van der Waals surface area (Å²) >= 11 is 7.89. The van der Waals surface area contributed by atoms with Crippen LogP contribution in [0.1, 0.15) is 0 Å². The van der Waals surface area contributed by atoms with E-state index in [1.807, 2.05) is 17.0 Å². The number of likely N-dealkylation sites (N-methyl/N-ethyl adjacent to an activating group) is 1. The lowest BCUT2D eigenvalue weighted by atomic mass is 10.0. The smallest absolute Gasteiger partial charge is 0.228 e. The molecule has 4 heterocycles. The normalized spacial score (nSPS) is 21.2. The van der Waals surface area contributed by atoms with Crippen molar-refractivity contribution in [2.24, 2.45) is 0 Å². The predicted molar refractivity (Wildman–Crippen MR) is 130 cm³/mol. The largest absolute Gasteiger partial charge is 0.383 e. The fourth-order valence-electron chi connectivity index (χ4n) is 4.78. The zero-order valence-corrected chi connectivity index (χ0v) is 19.3. The summed E-state index contributed by atoms with van der Waals surface area (Å²) in [7, 11) is 2.08. The number of halogens is 2. The number of nitrogens with two attached hydrogens (primary N) is 2. The van der Waals surface area contributed by atoms with Crippen LogP contribution in [0.25, 0.3) is 32.2 Å².